The van der Waals surface area contributed by atoms with Gasteiger partial charge in [0.2, 0.25) is 5.91 Å². The minimum atomic E-state index is -0.428. The summed E-state index contributed by atoms with van der Waals surface area (Å²) in [4.78, 5) is 28.8. The molecule has 0 spiro atoms. The average Bonchev–Trinajstić information content (AvgIpc) is 3.20. The second-order valence-electron chi connectivity index (χ2n) is 6.36. The van der Waals surface area contributed by atoms with E-state index in [9.17, 15) is 9.59 Å². The molecule has 0 bridgehead atoms. The Bertz CT molecular complexity index is 1000. The number of para-hydroxylation sites is 2. The Hall–Kier alpha value is -3.23. The van der Waals surface area contributed by atoms with Crippen LogP contribution in [0, 0.1) is 0 Å². The van der Waals surface area contributed by atoms with E-state index in [0.29, 0.717) is 34.3 Å². The van der Waals surface area contributed by atoms with Gasteiger partial charge in [0, 0.05) is 12.5 Å². The number of nitrogens with one attached hydrogen (secondary N) is 1. The number of hydrogen-bond donors (Lipinski definition) is 1. The SMILES string of the molecule is COCc1ccc(C(=O)OCc2csc(CC(=O)Nc3ccccc3OC)n2)cc1. The zero-order valence-electron chi connectivity index (χ0n) is 16.7. The number of carbonyl (C=O) groups excluding carboxylic acids is 2. The Morgan fingerprint density at radius 3 is 2.53 bits per heavy atom. The van der Waals surface area contributed by atoms with Crippen LogP contribution in [0.4, 0.5) is 5.69 Å². The maximum Gasteiger partial charge on any atom is 0.338 e. The summed E-state index contributed by atoms with van der Waals surface area (Å²) in [5, 5.41) is 5.23. The quantitative estimate of drug-likeness (QED) is 0.523. The van der Waals surface area contributed by atoms with E-state index in [1.807, 2.05) is 24.3 Å². The van der Waals surface area contributed by atoms with Gasteiger partial charge in [-0.05, 0) is 29.8 Å². The van der Waals surface area contributed by atoms with Crippen LogP contribution in [0.3, 0.4) is 0 Å². The molecule has 1 amide bonds. The molecule has 0 atom stereocenters. The predicted octanol–water partition coefficient (Wildman–Crippen LogP) is 3.84. The molecule has 2 aromatic carbocycles. The van der Waals surface area contributed by atoms with Gasteiger partial charge in [0.05, 0.1) is 37.1 Å². The van der Waals surface area contributed by atoms with Crippen LogP contribution in [-0.2, 0) is 33.9 Å². The van der Waals surface area contributed by atoms with Crippen LogP contribution in [0.2, 0.25) is 0 Å². The minimum absolute atomic E-state index is 0.0449. The van der Waals surface area contributed by atoms with Crippen LogP contribution in [0.1, 0.15) is 26.6 Å². The third kappa shape index (κ3) is 5.88. The molecule has 30 heavy (non-hydrogen) atoms. The van der Waals surface area contributed by atoms with Crippen LogP contribution in [0.5, 0.6) is 5.75 Å². The molecule has 0 saturated heterocycles. The molecule has 0 fully saturated rings. The summed E-state index contributed by atoms with van der Waals surface area (Å²) in [6.45, 7) is 0.533. The fourth-order valence-corrected chi connectivity index (χ4v) is 3.48. The number of methoxy groups -OCH3 is 2. The number of ether oxygens (including phenoxy) is 3. The molecule has 156 valence electrons. The highest BCUT2D eigenvalue weighted by molar-refractivity contribution is 7.09. The van der Waals surface area contributed by atoms with Crippen LogP contribution >= 0.6 is 11.3 Å². The number of rotatable bonds is 9. The molecule has 0 unspecified atom stereocenters. The summed E-state index contributed by atoms with van der Waals surface area (Å²) >= 11 is 1.34. The predicted molar refractivity (Wildman–Crippen MR) is 114 cm³/mol. The topological polar surface area (TPSA) is 86.8 Å². The third-order valence-electron chi connectivity index (χ3n) is 4.14. The third-order valence-corrected chi connectivity index (χ3v) is 5.04. The standard InChI is InChI=1S/C22H22N2O5S/c1-27-12-15-7-9-16(10-8-15)22(26)29-13-17-14-30-21(23-17)11-20(25)24-18-5-3-4-6-19(18)28-2/h3-10,14H,11-13H2,1-2H3,(H,24,25). The maximum absolute atomic E-state index is 12.3. The molecule has 8 heteroatoms. The van der Waals surface area contributed by atoms with Crippen LogP contribution in [0.25, 0.3) is 0 Å². The van der Waals surface area contributed by atoms with Crippen molar-refractivity contribution in [3.05, 3.63) is 75.7 Å². The van der Waals surface area contributed by atoms with Gasteiger partial charge in [-0.15, -0.1) is 11.3 Å². The highest BCUT2D eigenvalue weighted by Gasteiger charge is 2.12. The van der Waals surface area contributed by atoms with E-state index < -0.39 is 5.97 Å². The maximum atomic E-state index is 12.3. The minimum Gasteiger partial charge on any atom is -0.495 e. The molecular weight excluding hydrogens is 404 g/mol. The van der Waals surface area contributed by atoms with Crippen molar-refractivity contribution in [3.63, 3.8) is 0 Å². The van der Waals surface area contributed by atoms with E-state index in [2.05, 4.69) is 10.3 Å². The molecule has 0 aliphatic carbocycles. The van der Waals surface area contributed by atoms with E-state index in [1.54, 1.807) is 43.9 Å². The molecular formula is C22H22N2O5S. The van der Waals surface area contributed by atoms with Gasteiger partial charge in [0.25, 0.3) is 0 Å². The first-order valence-corrected chi connectivity index (χ1v) is 10.1. The Morgan fingerprint density at radius 1 is 1.03 bits per heavy atom. The molecule has 1 N–H and O–H groups in total. The molecule has 1 aromatic heterocycles. The van der Waals surface area contributed by atoms with E-state index >= 15 is 0 Å². The number of carbonyl (C=O) groups is 2. The Balaban J connectivity index is 1.51. The number of nitrogens with zero attached hydrogens (tertiary/aromatic N) is 1. The fraction of sp³-hybridized carbons (Fsp3) is 0.227. The summed E-state index contributed by atoms with van der Waals surface area (Å²) in [6, 6.07) is 14.2. The summed E-state index contributed by atoms with van der Waals surface area (Å²) in [5.41, 5.74) is 2.64. The Morgan fingerprint density at radius 2 is 1.80 bits per heavy atom. The van der Waals surface area contributed by atoms with Crippen molar-refractivity contribution in [2.75, 3.05) is 19.5 Å². The highest BCUT2D eigenvalue weighted by Crippen LogP contribution is 2.23. The zero-order valence-corrected chi connectivity index (χ0v) is 17.5. The van der Waals surface area contributed by atoms with Gasteiger partial charge >= 0.3 is 5.97 Å². The first-order chi connectivity index (χ1) is 14.6. The Kier molecular flexibility index (Phi) is 7.53. The molecule has 3 aromatic rings. The van der Waals surface area contributed by atoms with Crippen molar-refractivity contribution in [2.24, 2.45) is 0 Å². The van der Waals surface area contributed by atoms with Gasteiger partial charge in [-0.1, -0.05) is 24.3 Å². The van der Waals surface area contributed by atoms with Gasteiger partial charge < -0.3 is 19.5 Å². The van der Waals surface area contributed by atoms with Gasteiger partial charge in [0.15, 0.2) is 0 Å². The van der Waals surface area contributed by atoms with E-state index in [1.165, 1.54) is 11.3 Å². The lowest BCUT2D eigenvalue weighted by Gasteiger charge is -2.08. The molecule has 1 heterocycles. The lowest BCUT2D eigenvalue weighted by atomic mass is 10.1. The number of esters is 1. The van der Waals surface area contributed by atoms with E-state index in [4.69, 9.17) is 14.2 Å². The molecule has 3 rings (SSSR count). The van der Waals surface area contributed by atoms with Crippen molar-refractivity contribution >= 4 is 28.9 Å². The first kappa shape index (κ1) is 21.5. The van der Waals surface area contributed by atoms with Crippen molar-refractivity contribution in [3.8, 4) is 5.75 Å². The van der Waals surface area contributed by atoms with Crippen molar-refractivity contribution in [2.45, 2.75) is 19.6 Å². The normalized spacial score (nSPS) is 10.5. The zero-order chi connectivity index (χ0) is 21.3. The second-order valence-corrected chi connectivity index (χ2v) is 7.31. The van der Waals surface area contributed by atoms with E-state index in [0.717, 1.165) is 5.56 Å². The number of thiazole rings is 1. The molecule has 0 radical (unpaired) electrons. The molecule has 0 aliphatic heterocycles. The molecule has 7 nitrogen and oxygen atoms in total. The lowest BCUT2D eigenvalue weighted by Crippen LogP contribution is -2.15. The lowest BCUT2D eigenvalue weighted by molar-refractivity contribution is -0.115. The van der Waals surface area contributed by atoms with Gasteiger partial charge in [0.1, 0.15) is 17.4 Å². The monoisotopic (exact) mass is 426 g/mol. The highest BCUT2D eigenvalue weighted by atomic mass is 32.1. The summed E-state index contributed by atoms with van der Waals surface area (Å²) < 4.78 is 15.6. The van der Waals surface area contributed by atoms with Crippen molar-refractivity contribution < 1.29 is 23.8 Å². The van der Waals surface area contributed by atoms with Gasteiger partial charge in [-0.2, -0.15) is 0 Å². The Labute approximate surface area is 178 Å². The molecule has 0 aliphatic rings. The summed E-state index contributed by atoms with van der Waals surface area (Å²) in [6.07, 6.45) is 0.123. The fourth-order valence-electron chi connectivity index (χ4n) is 2.70. The van der Waals surface area contributed by atoms with Crippen LogP contribution in [0.15, 0.2) is 53.9 Å². The number of aromatic nitrogens is 1. The van der Waals surface area contributed by atoms with Crippen LogP contribution < -0.4 is 10.1 Å². The van der Waals surface area contributed by atoms with Crippen molar-refractivity contribution in [1.82, 2.24) is 4.98 Å². The number of amides is 1. The smallest absolute Gasteiger partial charge is 0.338 e. The van der Waals surface area contributed by atoms with Gasteiger partial charge in [-0.25, -0.2) is 9.78 Å². The first-order valence-electron chi connectivity index (χ1n) is 9.20. The number of benzene rings is 2. The van der Waals surface area contributed by atoms with Crippen LogP contribution in [-0.4, -0.2) is 31.1 Å². The second kappa shape index (κ2) is 10.5. The summed E-state index contributed by atoms with van der Waals surface area (Å²) in [5.74, 6) is -0.0381. The van der Waals surface area contributed by atoms with Gasteiger partial charge in [-0.3, -0.25) is 4.79 Å². The van der Waals surface area contributed by atoms with E-state index in [-0.39, 0.29) is 18.9 Å². The van der Waals surface area contributed by atoms with Crippen molar-refractivity contribution in [1.29, 1.82) is 0 Å². The molecule has 0 saturated carbocycles. The number of anilines is 1. The average molecular weight is 426 g/mol. The summed E-state index contributed by atoms with van der Waals surface area (Å²) in [7, 11) is 3.17. The number of hydrogen-bond acceptors (Lipinski definition) is 7. The largest absolute Gasteiger partial charge is 0.495 e.